The highest BCUT2D eigenvalue weighted by Crippen LogP contribution is 2.39. The zero-order chi connectivity index (χ0) is 23.1. The van der Waals surface area contributed by atoms with Crippen molar-refractivity contribution in [1.29, 1.82) is 0 Å². The molecule has 0 saturated heterocycles. The van der Waals surface area contributed by atoms with Crippen LogP contribution in [-0.2, 0) is 21.2 Å². The summed E-state index contributed by atoms with van der Waals surface area (Å²) in [5.41, 5.74) is 2.34. The number of alkyl halides is 1. The minimum absolute atomic E-state index is 0.138. The first-order chi connectivity index (χ1) is 15.1. The summed E-state index contributed by atoms with van der Waals surface area (Å²) in [5, 5.41) is 0.135. The standard InChI is InChI=1S/C22H20Cl4N2O3S/c1-22(7-6-14(23)9-20(22)26)32(29,30)28-15-10-17(24)21(18(25)11-15)31-16-8-13-4-2-3-5-19(13)27-12-16/h2-6,9-10,12,16,18,28H,7-8,11H2,1H3/t16-,18?,22?/m1/s1. The quantitative estimate of drug-likeness (QED) is 0.472. The third kappa shape index (κ3) is 4.62. The van der Waals surface area contributed by atoms with Crippen LogP contribution in [0.1, 0.15) is 25.3 Å². The van der Waals surface area contributed by atoms with Gasteiger partial charge in [-0.15, -0.1) is 11.6 Å². The lowest BCUT2D eigenvalue weighted by atomic mass is 10.0. The molecular formula is C22H20Cl4N2O3S. The Kier molecular flexibility index (Phi) is 6.72. The van der Waals surface area contributed by atoms with Crippen molar-refractivity contribution in [3.05, 3.63) is 74.6 Å². The summed E-state index contributed by atoms with van der Waals surface area (Å²) in [6, 6.07) is 7.82. The molecule has 0 saturated carbocycles. The van der Waals surface area contributed by atoms with Crippen molar-refractivity contribution in [1.82, 2.24) is 4.72 Å². The van der Waals surface area contributed by atoms with Gasteiger partial charge in [-0.3, -0.25) is 9.71 Å². The third-order valence-corrected chi connectivity index (χ3v) is 9.26. The van der Waals surface area contributed by atoms with Gasteiger partial charge < -0.3 is 4.74 Å². The van der Waals surface area contributed by atoms with Crippen molar-refractivity contribution in [2.45, 2.75) is 42.4 Å². The molecule has 10 heteroatoms. The average Bonchev–Trinajstić information content (AvgIpc) is 2.73. The van der Waals surface area contributed by atoms with E-state index in [1.54, 1.807) is 19.2 Å². The number of sulfonamides is 1. The van der Waals surface area contributed by atoms with Gasteiger partial charge in [0.1, 0.15) is 16.6 Å². The van der Waals surface area contributed by atoms with E-state index in [1.807, 2.05) is 24.3 Å². The van der Waals surface area contributed by atoms with Gasteiger partial charge in [0.15, 0.2) is 0 Å². The minimum Gasteiger partial charge on any atom is -0.486 e. The van der Waals surface area contributed by atoms with Crippen molar-refractivity contribution < 1.29 is 13.2 Å². The number of para-hydroxylation sites is 1. The number of rotatable bonds is 5. The maximum absolute atomic E-state index is 13.1. The van der Waals surface area contributed by atoms with Crippen LogP contribution >= 0.6 is 46.4 Å². The lowest BCUT2D eigenvalue weighted by molar-refractivity contribution is 0.163. The summed E-state index contributed by atoms with van der Waals surface area (Å²) in [7, 11) is -3.90. The second-order valence-corrected chi connectivity index (χ2v) is 11.8. The zero-order valence-corrected chi connectivity index (χ0v) is 20.8. The van der Waals surface area contributed by atoms with E-state index in [0.717, 1.165) is 11.3 Å². The number of halogens is 4. The van der Waals surface area contributed by atoms with Crippen LogP contribution < -0.4 is 4.72 Å². The van der Waals surface area contributed by atoms with Crippen molar-refractivity contribution >= 4 is 68.3 Å². The highest BCUT2D eigenvalue weighted by atomic mass is 35.5. The predicted molar refractivity (Wildman–Crippen MR) is 131 cm³/mol. The van der Waals surface area contributed by atoms with Gasteiger partial charge in [0.2, 0.25) is 10.0 Å². The van der Waals surface area contributed by atoms with Crippen molar-refractivity contribution in [3.8, 4) is 0 Å². The number of hydrogen-bond donors (Lipinski definition) is 1. The molecule has 1 heterocycles. The summed E-state index contributed by atoms with van der Waals surface area (Å²) in [6.45, 7) is 1.54. The molecule has 1 aliphatic heterocycles. The smallest absolute Gasteiger partial charge is 0.243 e. The van der Waals surface area contributed by atoms with Gasteiger partial charge in [-0.1, -0.05) is 59.1 Å². The van der Waals surface area contributed by atoms with E-state index in [-0.39, 0.29) is 29.0 Å². The van der Waals surface area contributed by atoms with E-state index >= 15 is 0 Å². The Morgan fingerprint density at radius 3 is 2.62 bits per heavy atom. The first-order valence-electron chi connectivity index (χ1n) is 9.88. The second-order valence-electron chi connectivity index (χ2n) is 7.94. The molecule has 1 N–H and O–H groups in total. The number of hydrogen-bond acceptors (Lipinski definition) is 4. The van der Waals surface area contributed by atoms with E-state index in [2.05, 4.69) is 9.71 Å². The van der Waals surface area contributed by atoms with Gasteiger partial charge in [0, 0.05) is 34.8 Å². The van der Waals surface area contributed by atoms with Crippen LogP contribution in [0, 0.1) is 0 Å². The maximum atomic E-state index is 13.1. The molecule has 4 rings (SSSR count). The monoisotopic (exact) mass is 532 g/mol. The van der Waals surface area contributed by atoms with Crippen LogP contribution in [0.4, 0.5) is 5.69 Å². The molecule has 5 nitrogen and oxygen atoms in total. The SMILES string of the molecule is CC1(S(=O)(=O)NC2=CC(Cl)=C(O[C@H]3C=Nc4ccccc4C3)C(Cl)C2)CC=C(Cl)C=C1Cl. The molecule has 0 amide bonds. The number of ether oxygens (including phenoxy) is 1. The fourth-order valence-corrected chi connectivity index (χ4v) is 6.41. The molecule has 2 aliphatic carbocycles. The highest BCUT2D eigenvalue weighted by Gasteiger charge is 2.44. The van der Waals surface area contributed by atoms with Crippen LogP contribution in [0.3, 0.4) is 0 Å². The Bertz CT molecular complexity index is 1200. The molecule has 1 aromatic rings. The van der Waals surface area contributed by atoms with E-state index in [0.29, 0.717) is 22.9 Å². The molecule has 0 spiro atoms. The number of aliphatic imine (C=N–C) groups is 1. The Hall–Kier alpha value is -1.44. The zero-order valence-electron chi connectivity index (χ0n) is 17.0. The van der Waals surface area contributed by atoms with E-state index < -0.39 is 20.1 Å². The van der Waals surface area contributed by atoms with Crippen LogP contribution in [0.25, 0.3) is 0 Å². The molecule has 0 radical (unpaired) electrons. The number of nitrogens with one attached hydrogen (secondary N) is 1. The van der Waals surface area contributed by atoms with Gasteiger partial charge in [-0.2, -0.15) is 0 Å². The molecule has 2 unspecified atom stereocenters. The van der Waals surface area contributed by atoms with Gasteiger partial charge in [-0.05, 0) is 37.1 Å². The topological polar surface area (TPSA) is 67.8 Å². The van der Waals surface area contributed by atoms with Gasteiger partial charge >= 0.3 is 0 Å². The van der Waals surface area contributed by atoms with Gasteiger partial charge in [0.25, 0.3) is 0 Å². The fraction of sp³-hybridized carbons (Fsp3) is 0.318. The lowest BCUT2D eigenvalue weighted by Gasteiger charge is -2.32. The molecule has 3 atom stereocenters. The van der Waals surface area contributed by atoms with E-state index in [4.69, 9.17) is 51.1 Å². The maximum Gasteiger partial charge on any atom is 0.243 e. The fourth-order valence-electron chi connectivity index (χ4n) is 3.64. The number of allylic oxidation sites excluding steroid dienone is 7. The minimum atomic E-state index is -3.90. The predicted octanol–water partition coefficient (Wildman–Crippen LogP) is 6.00. The summed E-state index contributed by atoms with van der Waals surface area (Å²) in [6.07, 6.45) is 6.97. The third-order valence-electron chi connectivity index (χ3n) is 5.61. The average molecular weight is 534 g/mol. The highest BCUT2D eigenvalue weighted by molar-refractivity contribution is 7.91. The van der Waals surface area contributed by atoms with E-state index in [9.17, 15) is 8.42 Å². The normalized spacial score (nSPS) is 27.8. The summed E-state index contributed by atoms with van der Waals surface area (Å²) >= 11 is 25.2. The molecule has 3 aliphatic rings. The largest absolute Gasteiger partial charge is 0.486 e. The summed E-state index contributed by atoms with van der Waals surface area (Å²) in [4.78, 5) is 4.43. The Balaban J connectivity index is 1.51. The lowest BCUT2D eigenvalue weighted by Crippen LogP contribution is -2.45. The molecule has 0 aromatic heterocycles. The van der Waals surface area contributed by atoms with Crippen molar-refractivity contribution in [3.63, 3.8) is 0 Å². The number of nitrogens with zero attached hydrogens (tertiary/aromatic N) is 1. The molecular weight excluding hydrogens is 514 g/mol. The van der Waals surface area contributed by atoms with E-state index in [1.165, 1.54) is 12.2 Å². The number of fused-ring (bicyclic) bond motifs is 1. The van der Waals surface area contributed by atoms with Crippen LogP contribution in [0.15, 0.2) is 74.0 Å². The molecule has 0 bridgehead atoms. The first-order valence-corrected chi connectivity index (χ1v) is 12.9. The first kappa shape index (κ1) is 23.7. The van der Waals surface area contributed by atoms with Crippen LogP contribution in [-0.4, -0.2) is 30.9 Å². The Labute approximate surface area is 207 Å². The van der Waals surface area contributed by atoms with Gasteiger partial charge in [0.05, 0.1) is 16.1 Å². The number of benzene rings is 1. The molecule has 0 fully saturated rings. The second kappa shape index (κ2) is 9.07. The van der Waals surface area contributed by atoms with Crippen molar-refractivity contribution in [2.24, 2.45) is 4.99 Å². The Morgan fingerprint density at radius 2 is 1.91 bits per heavy atom. The molecule has 1 aromatic carbocycles. The van der Waals surface area contributed by atoms with Crippen molar-refractivity contribution in [2.75, 3.05) is 0 Å². The van der Waals surface area contributed by atoms with Crippen LogP contribution in [0.5, 0.6) is 0 Å². The summed E-state index contributed by atoms with van der Waals surface area (Å²) in [5.74, 6) is 0.392. The summed E-state index contributed by atoms with van der Waals surface area (Å²) < 4.78 is 33.5. The Morgan fingerprint density at radius 1 is 1.16 bits per heavy atom. The van der Waals surface area contributed by atoms with Gasteiger partial charge in [-0.25, -0.2) is 8.42 Å². The molecule has 170 valence electrons. The molecule has 32 heavy (non-hydrogen) atoms. The van der Waals surface area contributed by atoms with Crippen LogP contribution in [0.2, 0.25) is 0 Å².